The van der Waals surface area contributed by atoms with Crippen molar-refractivity contribution in [1.82, 2.24) is 15.3 Å². The van der Waals surface area contributed by atoms with Crippen molar-refractivity contribution in [3.05, 3.63) is 42.4 Å². The highest BCUT2D eigenvalue weighted by Gasteiger charge is 2.21. The molecule has 3 heterocycles. The highest BCUT2D eigenvalue weighted by Crippen LogP contribution is 2.20. The maximum Gasteiger partial charge on any atom is 0.286 e. The lowest BCUT2D eigenvalue weighted by Gasteiger charge is -2.31. The highest BCUT2D eigenvalue weighted by atomic mass is 19.1. The van der Waals surface area contributed by atoms with E-state index in [0.29, 0.717) is 24.2 Å². The maximum atomic E-state index is 12.8. The number of carbonyl (C=O) groups is 1. The lowest BCUT2D eigenvalue weighted by atomic mass is 9.97. The quantitative estimate of drug-likeness (QED) is 0.933. The van der Waals surface area contributed by atoms with Crippen molar-refractivity contribution in [1.29, 1.82) is 0 Å². The molecule has 0 aromatic carbocycles. The van der Waals surface area contributed by atoms with Gasteiger partial charge < -0.3 is 14.6 Å². The van der Waals surface area contributed by atoms with Crippen LogP contribution in [0.2, 0.25) is 0 Å². The number of aromatic nitrogens is 2. The summed E-state index contributed by atoms with van der Waals surface area (Å²) in [6.45, 7) is 2.22. The van der Waals surface area contributed by atoms with Crippen LogP contribution in [0.25, 0.3) is 0 Å². The molecular formula is C15H17FN4O2. The number of nitrogens with one attached hydrogen (secondary N) is 1. The second-order valence-electron chi connectivity index (χ2n) is 5.32. The molecule has 1 saturated heterocycles. The van der Waals surface area contributed by atoms with E-state index in [-0.39, 0.29) is 5.91 Å². The number of anilines is 1. The van der Waals surface area contributed by atoms with Crippen LogP contribution in [0.1, 0.15) is 23.4 Å². The van der Waals surface area contributed by atoms with Gasteiger partial charge in [-0.05, 0) is 30.9 Å². The lowest BCUT2D eigenvalue weighted by Crippen LogP contribution is -2.39. The number of halogens is 1. The van der Waals surface area contributed by atoms with Gasteiger partial charge in [0.2, 0.25) is 5.95 Å². The predicted octanol–water partition coefficient (Wildman–Crippen LogP) is 1.86. The van der Waals surface area contributed by atoms with E-state index >= 15 is 0 Å². The average molecular weight is 304 g/mol. The Morgan fingerprint density at radius 3 is 2.73 bits per heavy atom. The van der Waals surface area contributed by atoms with Gasteiger partial charge in [-0.15, -0.1) is 0 Å². The van der Waals surface area contributed by atoms with E-state index in [2.05, 4.69) is 15.3 Å². The third-order valence-electron chi connectivity index (χ3n) is 3.80. The number of hydrogen-bond donors (Lipinski definition) is 1. The van der Waals surface area contributed by atoms with Crippen LogP contribution in [0.4, 0.5) is 10.3 Å². The largest absolute Gasteiger partial charge is 0.459 e. The van der Waals surface area contributed by atoms with Gasteiger partial charge >= 0.3 is 0 Å². The molecule has 3 rings (SSSR count). The molecular weight excluding hydrogens is 287 g/mol. The van der Waals surface area contributed by atoms with E-state index in [9.17, 15) is 9.18 Å². The van der Waals surface area contributed by atoms with Crippen LogP contribution >= 0.6 is 0 Å². The number of nitrogens with zero attached hydrogens (tertiary/aromatic N) is 3. The van der Waals surface area contributed by atoms with Crippen LogP contribution in [-0.4, -0.2) is 35.5 Å². The van der Waals surface area contributed by atoms with Crippen molar-refractivity contribution in [2.45, 2.75) is 12.8 Å². The summed E-state index contributed by atoms with van der Waals surface area (Å²) >= 11 is 0. The molecule has 116 valence electrons. The molecule has 1 aliphatic heterocycles. The smallest absolute Gasteiger partial charge is 0.286 e. The summed E-state index contributed by atoms with van der Waals surface area (Å²) in [7, 11) is 0. The summed E-state index contributed by atoms with van der Waals surface area (Å²) in [5.74, 6) is 0.681. The fourth-order valence-electron chi connectivity index (χ4n) is 2.54. The van der Waals surface area contributed by atoms with Crippen LogP contribution in [0.5, 0.6) is 0 Å². The Morgan fingerprint density at radius 1 is 1.36 bits per heavy atom. The van der Waals surface area contributed by atoms with Gasteiger partial charge in [0, 0.05) is 19.6 Å². The summed E-state index contributed by atoms with van der Waals surface area (Å²) in [6.07, 6.45) is 5.70. The molecule has 7 heteroatoms. The Hall–Kier alpha value is -2.44. The summed E-state index contributed by atoms with van der Waals surface area (Å²) in [5, 5.41) is 2.88. The van der Waals surface area contributed by atoms with E-state index in [1.807, 2.05) is 4.90 Å². The summed E-state index contributed by atoms with van der Waals surface area (Å²) in [5.41, 5.74) is 0. The fraction of sp³-hybridized carbons (Fsp3) is 0.400. The molecule has 0 unspecified atom stereocenters. The Labute approximate surface area is 127 Å². The minimum Gasteiger partial charge on any atom is -0.459 e. The first-order valence-corrected chi connectivity index (χ1v) is 7.26. The van der Waals surface area contributed by atoms with Crippen molar-refractivity contribution in [3.8, 4) is 0 Å². The summed E-state index contributed by atoms with van der Waals surface area (Å²) in [4.78, 5) is 21.8. The number of piperidine rings is 1. The third kappa shape index (κ3) is 3.41. The standard InChI is InChI=1S/C15H17FN4O2/c16-12-9-18-15(19-10-12)20-5-3-11(4-6-20)8-17-14(21)13-2-1-7-22-13/h1-2,7,9-11H,3-6,8H2,(H,17,21). The third-order valence-corrected chi connectivity index (χ3v) is 3.80. The van der Waals surface area contributed by atoms with E-state index in [0.717, 1.165) is 25.9 Å². The normalized spacial score (nSPS) is 15.8. The van der Waals surface area contributed by atoms with Crippen molar-refractivity contribution in [2.75, 3.05) is 24.5 Å². The van der Waals surface area contributed by atoms with Crippen molar-refractivity contribution in [2.24, 2.45) is 5.92 Å². The highest BCUT2D eigenvalue weighted by molar-refractivity contribution is 5.91. The first-order valence-electron chi connectivity index (χ1n) is 7.26. The van der Waals surface area contributed by atoms with Crippen molar-refractivity contribution in [3.63, 3.8) is 0 Å². The van der Waals surface area contributed by atoms with Gasteiger partial charge in [-0.1, -0.05) is 0 Å². The molecule has 0 aliphatic carbocycles. The molecule has 0 bridgehead atoms. The number of furan rings is 1. The van der Waals surface area contributed by atoms with E-state index in [1.54, 1.807) is 12.1 Å². The van der Waals surface area contributed by atoms with E-state index in [4.69, 9.17) is 4.42 Å². The van der Waals surface area contributed by atoms with Gasteiger partial charge in [-0.3, -0.25) is 4.79 Å². The molecule has 2 aromatic heterocycles. The molecule has 0 spiro atoms. The fourth-order valence-corrected chi connectivity index (χ4v) is 2.54. The topological polar surface area (TPSA) is 71.3 Å². The zero-order valence-corrected chi connectivity index (χ0v) is 12.0. The van der Waals surface area contributed by atoms with E-state index in [1.165, 1.54) is 18.7 Å². The number of hydrogen-bond acceptors (Lipinski definition) is 5. The number of carbonyl (C=O) groups excluding carboxylic acids is 1. The van der Waals surface area contributed by atoms with Gasteiger partial charge in [-0.2, -0.15) is 0 Å². The Bertz CT molecular complexity index is 607. The van der Waals surface area contributed by atoms with E-state index < -0.39 is 5.82 Å². The number of rotatable bonds is 4. The Balaban J connectivity index is 1.45. The van der Waals surface area contributed by atoms with Gasteiger partial charge in [0.15, 0.2) is 11.6 Å². The molecule has 6 nitrogen and oxygen atoms in total. The SMILES string of the molecule is O=C(NCC1CCN(c2ncc(F)cn2)CC1)c1ccco1. The molecule has 0 radical (unpaired) electrons. The molecule has 0 saturated carbocycles. The van der Waals surface area contributed by atoms with Gasteiger partial charge in [0.1, 0.15) is 0 Å². The molecule has 22 heavy (non-hydrogen) atoms. The molecule has 1 amide bonds. The first-order chi connectivity index (χ1) is 10.7. The lowest BCUT2D eigenvalue weighted by molar-refractivity contribution is 0.0917. The van der Waals surface area contributed by atoms with Gasteiger partial charge in [0.05, 0.1) is 18.7 Å². The van der Waals surface area contributed by atoms with Crippen LogP contribution in [0.3, 0.4) is 0 Å². The van der Waals surface area contributed by atoms with Crippen LogP contribution in [-0.2, 0) is 0 Å². The minimum absolute atomic E-state index is 0.186. The minimum atomic E-state index is -0.431. The Kier molecular flexibility index (Phi) is 4.32. The van der Waals surface area contributed by atoms with Crippen molar-refractivity contribution >= 4 is 11.9 Å². The second kappa shape index (κ2) is 6.55. The molecule has 1 aliphatic rings. The van der Waals surface area contributed by atoms with Crippen LogP contribution in [0, 0.1) is 11.7 Å². The monoisotopic (exact) mass is 304 g/mol. The number of amides is 1. The Morgan fingerprint density at radius 2 is 2.09 bits per heavy atom. The second-order valence-corrected chi connectivity index (χ2v) is 5.32. The molecule has 1 N–H and O–H groups in total. The van der Waals surface area contributed by atoms with Gasteiger partial charge in [0.25, 0.3) is 5.91 Å². The summed E-state index contributed by atoms with van der Waals surface area (Å²) < 4.78 is 17.9. The first kappa shape index (κ1) is 14.5. The van der Waals surface area contributed by atoms with Crippen molar-refractivity contribution < 1.29 is 13.6 Å². The zero-order valence-electron chi connectivity index (χ0n) is 12.0. The molecule has 1 fully saturated rings. The average Bonchev–Trinajstić information content (AvgIpc) is 3.08. The maximum absolute atomic E-state index is 12.8. The molecule has 2 aromatic rings. The predicted molar refractivity (Wildman–Crippen MR) is 78.0 cm³/mol. The van der Waals surface area contributed by atoms with Crippen LogP contribution in [0.15, 0.2) is 35.2 Å². The zero-order chi connectivity index (χ0) is 15.4. The summed E-state index contributed by atoms with van der Waals surface area (Å²) in [6, 6.07) is 3.33. The van der Waals surface area contributed by atoms with Crippen LogP contribution < -0.4 is 10.2 Å². The van der Waals surface area contributed by atoms with Gasteiger partial charge in [-0.25, -0.2) is 14.4 Å². The molecule has 0 atom stereocenters.